The van der Waals surface area contributed by atoms with Gasteiger partial charge in [0.2, 0.25) is 0 Å². The summed E-state index contributed by atoms with van der Waals surface area (Å²) in [7, 11) is 3.71. The van der Waals surface area contributed by atoms with Crippen LogP contribution in [-0.4, -0.2) is 27.2 Å². The van der Waals surface area contributed by atoms with Crippen molar-refractivity contribution >= 4 is 11.6 Å². The summed E-state index contributed by atoms with van der Waals surface area (Å²) in [6, 6.07) is 10.6. The molecule has 0 bridgehead atoms. The molecule has 20 heavy (non-hydrogen) atoms. The van der Waals surface area contributed by atoms with Crippen molar-refractivity contribution in [1.29, 1.82) is 0 Å². The van der Waals surface area contributed by atoms with Crippen LogP contribution in [0.4, 0.5) is 11.6 Å². The zero-order valence-corrected chi connectivity index (χ0v) is 11.6. The predicted octanol–water partition coefficient (Wildman–Crippen LogP) is 0.526. The SMILES string of the molecule is CN(CCN(C)c1cccc[n+]1[O-])c1cccc[n+]1[O-]. The Balaban J connectivity index is 1.99. The molecule has 0 N–H and O–H groups in total. The molecule has 0 amide bonds. The van der Waals surface area contributed by atoms with Gasteiger partial charge in [-0.25, -0.2) is 9.46 Å². The first kappa shape index (κ1) is 13.9. The summed E-state index contributed by atoms with van der Waals surface area (Å²) in [5.41, 5.74) is 0. The summed E-state index contributed by atoms with van der Waals surface area (Å²) in [4.78, 5) is 3.73. The lowest BCUT2D eigenvalue weighted by molar-refractivity contribution is -0.592. The van der Waals surface area contributed by atoms with Gasteiger partial charge in [-0.3, -0.25) is 9.80 Å². The summed E-state index contributed by atoms with van der Waals surface area (Å²) < 4.78 is 1.66. The first-order valence-corrected chi connectivity index (χ1v) is 6.38. The molecule has 6 heteroatoms. The number of aromatic nitrogens is 2. The maximum absolute atomic E-state index is 11.6. The fourth-order valence-electron chi connectivity index (χ4n) is 1.96. The molecule has 0 radical (unpaired) electrons. The smallest absolute Gasteiger partial charge is 0.279 e. The molecule has 0 aliphatic carbocycles. The second-order valence-electron chi connectivity index (χ2n) is 4.61. The van der Waals surface area contributed by atoms with Crippen molar-refractivity contribution < 1.29 is 9.46 Å². The van der Waals surface area contributed by atoms with Crippen molar-refractivity contribution in [2.24, 2.45) is 0 Å². The number of anilines is 2. The summed E-state index contributed by atoms with van der Waals surface area (Å²) in [6.07, 6.45) is 2.94. The summed E-state index contributed by atoms with van der Waals surface area (Å²) in [5.74, 6) is 1.17. The van der Waals surface area contributed by atoms with E-state index in [-0.39, 0.29) is 0 Å². The fraction of sp³-hybridized carbons (Fsp3) is 0.286. The summed E-state index contributed by atoms with van der Waals surface area (Å²) in [5, 5.41) is 23.3. The lowest BCUT2D eigenvalue weighted by Crippen LogP contribution is -2.42. The van der Waals surface area contributed by atoms with Crippen LogP contribution < -0.4 is 19.3 Å². The Morgan fingerprint density at radius 2 is 1.20 bits per heavy atom. The van der Waals surface area contributed by atoms with E-state index in [2.05, 4.69) is 0 Å². The first-order valence-electron chi connectivity index (χ1n) is 6.38. The van der Waals surface area contributed by atoms with Gasteiger partial charge in [-0.05, 0) is 12.1 Å². The van der Waals surface area contributed by atoms with Gasteiger partial charge in [0, 0.05) is 12.1 Å². The minimum absolute atomic E-state index is 0.587. The molecule has 0 atom stereocenters. The average molecular weight is 274 g/mol. The molecule has 0 saturated heterocycles. The zero-order valence-electron chi connectivity index (χ0n) is 11.6. The highest BCUT2D eigenvalue weighted by Crippen LogP contribution is 2.07. The van der Waals surface area contributed by atoms with Crippen LogP contribution in [0.15, 0.2) is 48.8 Å². The van der Waals surface area contributed by atoms with Gasteiger partial charge in [0.05, 0.1) is 26.5 Å². The number of hydrogen-bond donors (Lipinski definition) is 0. The standard InChI is InChI=1S/C14H18N4O2/c1-15(13-7-3-5-9-17(13)19)11-12-16(2)14-8-4-6-10-18(14)20/h3-10H,11-12H2,1-2H3. The maximum atomic E-state index is 11.6. The second kappa shape index (κ2) is 6.10. The molecule has 0 saturated carbocycles. The van der Waals surface area contributed by atoms with E-state index in [1.54, 1.807) is 24.3 Å². The highest BCUT2D eigenvalue weighted by atomic mass is 16.5. The van der Waals surface area contributed by atoms with Crippen LogP contribution in [0.2, 0.25) is 0 Å². The Hall–Kier alpha value is -2.50. The Kier molecular flexibility index (Phi) is 4.24. The molecule has 0 fully saturated rings. The predicted molar refractivity (Wildman–Crippen MR) is 77.3 cm³/mol. The second-order valence-corrected chi connectivity index (χ2v) is 4.61. The number of pyridine rings is 2. The van der Waals surface area contributed by atoms with E-state index in [0.29, 0.717) is 24.7 Å². The van der Waals surface area contributed by atoms with Gasteiger partial charge in [-0.2, -0.15) is 0 Å². The van der Waals surface area contributed by atoms with Crippen molar-refractivity contribution in [3.8, 4) is 0 Å². The largest absolute Gasteiger partial charge is 0.711 e. The van der Waals surface area contributed by atoms with E-state index in [1.807, 2.05) is 36.0 Å². The van der Waals surface area contributed by atoms with Crippen LogP contribution in [0, 0.1) is 10.4 Å². The van der Waals surface area contributed by atoms with Crippen molar-refractivity contribution in [1.82, 2.24) is 0 Å². The van der Waals surface area contributed by atoms with Crippen LogP contribution in [-0.2, 0) is 0 Å². The van der Waals surface area contributed by atoms with Crippen LogP contribution in [0.1, 0.15) is 0 Å². The van der Waals surface area contributed by atoms with Gasteiger partial charge in [0.25, 0.3) is 11.6 Å². The van der Waals surface area contributed by atoms with E-state index in [1.165, 1.54) is 12.4 Å². The highest BCUT2D eigenvalue weighted by molar-refractivity contribution is 5.34. The third-order valence-corrected chi connectivity index (χ3v) is 3.16. The molecule has 2 heterocycles. The van der Waals surface area contributed by atoms with Crippen LogP contribution in [0.25, 0.3) is 0 Å². The van der Waals surface area contributed by atoms with Crippen molar-refractivity contribution in [2.45, 2.75) is 0 Å². The molecule has 2 aromatic heterocycles. The minimum atomic E-state index is 0.587. The summed E-state index contributed by atoms with van der Waals surface area (Å²) >= 11 is 0. The first-order chi connectivity index (χ1) is 9.59. The molecule has 0 aliphatic heterocycles. The van der Waals surface area contributed by atoms with Crippen LogP contribution >= 0.6 is 0 Å². The van der Waals surface area contributed by atoms with Gasteiger partial charge in [0.15, 0.2) is 0 Å². The van der Waals surface area contributed by atoms with Crippen molar-refractivity contribution in [3.05, 3.63) is 59.2 Å². The van der Waals surface area contributed by atoms with Gasteiger partial charge in [0.1, 0.15) is 13.1 Å². The average Bonchev–Trinajstić information content (AvgIpc) is 2.45. The molecule has 0 unspecified atom stereocenters. The lowest BCUT2D eigenvalue weighted by Gasteiger charge is -2.19. The molecule has 6 nitrogen and oxygen atoms in total. The third-order valence-electron chi connectivity index (χ3n) is 3.16. The number of hydrogen-bond acceptors (Lipinski definition) is 4. The van der Waals surface area contributed by atoms with Crippen molar-refractivity contribution in [3.63, 3.8) is 0 Å². The summed E-state index contributed by atoms with van der Waals surface area (Å²) in [6.45, 7) is 1.27. The topological polar surface area (TPSA) is 60.4 Å². The van der Waals surface area contributed by atoms with E-state index in [0.717, 1.165) is 9.46 Å². The molecular weight excluding hydrogens is 256 g/mol. The van der Waals surface area contributed by atoms with Gasteiger partial charge in [-0.15, -0.1) is 0 Å². The fourth-order valence-corrected chi connectivity index (χ4v) is 1.96. The number of likely N-dealkylation sites (N-methyl/N-ethyl adjacent to an activating group) is 2. The molecule has 2 aromatic rings. The molecule has 106 valence electrons. The minimum Gasteiger partial charge on any atom is -0.711 e. The number of nitrogens with zero attached hydrogens (tertiary/aromatic N) is 4. The quantitative estimate of drug-likeness (QED) is 0.589. The lowest BCUT2D eigenvalue weighted by atomic mass is 10.4. The Morgan fingerprint density at radius 1 is 0.800 bits per heavy atom. The monoisotopic (exact) mass is 274 g/mol. The van der Waals surface area contributed by atoms with Gasteiger partial charge < -0.3 is 10.4 Å². The number of rotatable bonds is 5. The Labute approximate surface area is 118 Å². The maximum Gasteiger partial charge on any atom is 0.279 e. The molecule has 0 aliphatic rings. The third kappa shape index (κ3) is 3.09. The molecule has 0 aromatic carbocycles. The normalized spacial score (nSPS) is 10.3. The molecular formula is C14H18N4O2. The molecule has 0 spiro atoms. The highest BCUT2D eigenvalue weighted by Gasteiger charge is 2.16. The van der Waals surface area contributed by atoms with Crippen LogP contribution in [0.3, 0.4) is 0 Å². The van der Waals surface area contributed by atoms with E-state index in [4.69, 9.17) is 0 Å². The van der Waals surface area contributed by atoms with E-state index >= 15 is 0 Å². The molecule has 2 rings (SSSR count). The van der Waals surface area contributed by atoms with Gasteiger partial charge in [-0.1, -0.05) is 12.1 Å². The Bertz CT molecular complexity index is 525. The van der Waals surface area contributed by atoms with Crippen LogP contribution in [0.5, 0.6) is 0 Å². The Morgan fingerprint density at radius 3 is 1.55 bits per heavy atom. The van der Waals surface area contributed by atoms with E-state index in [9.17, 15) is 10.4 Å². The van der Waals surface area contributed by atoms with E-state index < -0.39 is 0 Å². The van der Waals surface area contributed by atoms with Gasteiger partial charge >= 0.3 is 0 Å². The van der Waals surface area contributed by atoms with Crippen molar-refractivity contribution in [2.75, 3.05) is 37.0 Å². The zero-order chi connectivity index (χ0) is 14.5.